The number of hydrogen-bond donors (Lipinski definition) is 1. The number of para-hydroxylation sites is 1. The molecule has 1 aromatic heterocycles. The lowest BCUT2D eigenvalue weighted by Gasteiger charge is -2.16. The lowest BCUT2D eigenvalue weighted by molar-refractivity contribution is -0.359. The van der Waals surface area contributed by atoms with Crippen LogP contribution in [0.25, 0.3) is 10.9 Å². The van der Waals surface area contributed by atoms with E-state index in [1.807, 2.05) is 36.4 Å². The van der Waals surface area contributed by atoms with Crippen LogP contribution in [0.2, 0.25) is 0 Å². The molecule has 0 spiro atoms. The van der Waals surface area contributed by atoms with E-state index in [9.17, 15) is 5.11 Å². The van der Waals surface area contributed by atoms with Crippen molar-refractivity contribution in [3.63, 3.8) is 0 Å². The summed E-state index contributed by atoms with van der Waals surface area (Å²) in [6.45, 7) is 0. The highest BCUT2D eigenvalue weighted by molar-refractivity contribution is 6.68. The Morgan fingerprint density at radius 1 is 1.12 bits per heavy atom. The second-order valence-electron chi connectivity index (χ2n) is 3.83. The van der Waals surface area contributed by atoms with Gasteiger partial charge in [-0.2, -0.15) is 0 Å². The fourth-order valence-electron chi connectivity index (χ4n) is 1.60. The predicted octanol–water partition coefficient (Wildman–Crippen LogP) is 2.93. The Hall–Kier alpha value is -0.540. The Bertz CT molecular complexity index is 524. The number of fused-ring (bicyclic) bond motifs is 1. The highest BCUT2D eigenvalue weighted by atomic mass is 35.6. The summed E-state index contributed by atoms with van der Waals surface area (Å²) in [5, 5.41) is 10.8. The van der Waals surface area contributed by atoms with E-state index in [1.165, 1.54) is 0 Å². The van der Waals surface area contributed by atoms with E-state index in [1.54, 1.807) is 0 Å². The summed E-state index contributed by atoms with van der Waals surface area (Å²) in [4.78, 5) is 3.19. The number of pyridine rings is 1. The van der Waals surface area contributed by atoms with Gasteiger partial charge in [0.05, 0.1) is 6.42 Å². The molecular formula is C12H11Cl3NO+. The molecule has 90 valence electrons. The number of aromatic amines is 1. The maximum Gasteiger partial charge on any atom is 0.216 e. The zero-order valence-corrected chi connectivity index (χ0v) is 11.1. The number of aliphatic hydroxyl groups is 1. The van der Waals surface area contributed by atoms with Crippen LogP contribution in [0.5, 0.6) is 0 Å². The monoisotopic (exact) mass is 290 g/mol. The smallest absolute Gasteiger partial charge is 0.216 e. The SMILES string of the molecule is OC(Cc1ccc2ccccc2[nH+]1)C(Cl)(Cl)Cl. The molecule has 1 heterocycles. The van der Waals surface area contributed by atoms with Crippen LogP contribution in [0.1, 0.15) is 5.69 Å². The molecule has 0 radical (unpaired) electrons. The molecule has 2 nitrogen and oxygen atoms in total. The van der Waals surface area contributed by atoms with E-state index < -0.39 is 9.90 Å². The lowest BCUT2D eigenvalue weighted by atomic mass is 10.1. The van der Waals surface area contributed by atoms with Crippen molar-refractivity contribution in [1.29, 1.82) is 0 Å². The van der Waals surface area contributed by atoms with Gasteiger partial charge in [0.2, 0.25) is 9.31 Å². The van der Waals surface area contributed by atoms with Gasteiger partial charge in [0.25, 0.3) is 0 Å². The molecule has 1 aromatic carbocycles. The Morgan fingerprint density at radius 3 is 2.53 bits per heavy atom. The van der Waals surface area contributed by atoms with Gasteiger partial charge in [0.15, 0.2) is 5.69 Å². The maximum absolute atomic E-state index is 9.70. The molecule has 2 N–H and O–H groups in total. The van der Waals surface area contributed by atoms with Gasteiger partial charge in [-0.3, -0.25) is 0 Å². The van der Waals surface area contributed by atoms with Gasteiger partial charge < -0.3 is 5.11 Å². The van der Waals surface area contributed by atoms with Crippen molar-refractivity contribution in [2.45, 2.75) is 16.3 Å². The van der Waals surface area contributed by atoms with Crippen molar-refractivity contribution in [2.75, 3.05) is 0 Å². The molecule has 0 bridgehead atoms. The minimum atomic E-state index is -1.67. The third kappa shape index (κ3) is 3.23. The summed E-state index contributed by atoms with van der Waals surface area (Å²) >= 11 is 16.9. The first-order chi connectivity index (χ1) is 7.97. The Kier molecular flexibility index (Phi) is 3.79. The Labute approximate surface area is 114 Å². The molecular weight excluding hydrogens is 280 g/mol. The van der Waals surface area contributed by atoms with Gasteiger partial charge in [-0.1, -0.05) is 46.9 Å². The summed E-state index contributed by atoms with van der Waals surface area (Å²) in [6.07, 6.45) is -0.772. The second-order valence-corrected chi connectivity index (χ2v) is 6.20. The Morgan fingerprint density at radius 2 is 1.82 bits per heavy atom. The van der Waals surface area contributed by atoms with Gasteiger partial charge in [0.1, 0.15) is 6.10 Å². The summed E-state index contributed by atoms with van der Waals surface area (Å²) in [5.74, 6) is 0. The van der Waals surface area contributed by atoms with E-state index in [0.29, 0.717) is 0 Å². The van der Waals surface area contributed by atoms with Crippen molar-refractivity contribution in [1.82, 2.24) is 0 Å². The standard InChI is InChI=1S/C12H10Cl3NO/c13-12(14,15)11(17)7-9-6-5-8-3-1-2-4-10(8)16-9/h1-6,11,17H,7H2/p+1. The number of H-pyrrole nitrogens is 1. The molecule has 5 heteroatoms. The highest BCUT2D eigenvalue weighted by Gasteiger charge is 2.32. The van der Waals surface area contributed by atoms with Crippen molar-refractivity contribution in [2.24, 2.45) is 0 Å². The molecule has 2 aromatic rings. The van der Waals surface area contributed by atoms with Crippen LogP contribution in [0.15, 0.2) is 36.4 Å². The first-order valence-corrected chi connectivity index (χ1v) is 6.25. The van der Waals surface area contributed by atoms with Crippen LogP contribution < -0.4 is 4.98 Å². The molecule has 0 aliphatic carbocycles. The van der Waals surface area contributed by atoms with Gasteiger partial charge in [-0.25, -0.2) is 4.98 Å². The number of rotatable bonds is 2. The zero-order valence-electron chi connectivity index (χ0n) is 8.83. The predicted molar refractivity (Wildman–Crippen MR) is 70.5 cm³/mol. The van der Waals surface area contributed by atoms with Crippen molar-refractivity contribution < 1.29 is 10.1 Å². The molecule has 0 saturated heterocycles. The van der Waals surface area contributed by atoms with E-state index in [0.717, 1.165) is 16.6 Å². The molecule has 0 aliphatic heterocycles. The summed E-state index contributed by atoms with van der Waals surface area (Å²) in [5.41, 5.74) is 1.81. The summed E-state index contributed by atoms with van der Waals surface area (Å²) < 4.78 is -1.67. The molecule has 0 saturated carbocycles. The number of hydrogen-bond acceptors (Lipinski definition) is 1. The minimum absolute atomic E-state index is 0.265. The van der Waals surface area contributed by atoms with Crippen molar-refractivity contribution in [3.05, 3.63) is 42.1 Å². The minimum Gasteiger partial charge on any atom is -0.388 e. The molecule has 17 heavy (non-hydrogen) atoms. The van der Waals surface area contributed by atoms with Crippen LogP contribution >= 0.6 is 34.8 Å². The first-order valence-electron chi connectivity index (χ1n) is 5.11. The molecule has 1 unspecified atom stereocenters. The molecule has 1 atom stereocenters. The third-order valence-corrected chi connectivity index (χ3v) is 3.27. The van der Waals surface area contributed by atoms with E-state index >= 15 is 0 Å². The number of nitrogens with one attached hydrogen (secondary N) is 1. The quantitative estimate of drug-likeness (QED) is 0.848. The number of aliphatic hydroxyl groups excluding tert-OH is 1. The van der Waals surface area contributed by atoms with E-state index in [4.69, 9.17) is 34.8 Å². The van der Waals surface area contributed by atoms with Gasteiger partial charge in [0, 0.05) is 17.5 Å². The van der Waals surface area contributed by atoms with Crippen LogP contribution in [0.3, 0.4) is 0 Å². The fourth-order valence-corrected chi connectivity index (χ4v) is 1.84. The maximum atomic E-state index is 9.70. The average molecular weight is 292 g/mol. The number of aromatic nitrogens is 1. The molecule has 0 fully saturated rings. The second kappa shape index (κ2) is 4.99. The van der Waals surface area contributed by atoms with Gasteiger partial charge in [-0.05, 0) is 12.1 Å². The largest absolute Gasteiger partial charge is 0.388 e. The summed E-state index contributed by atoms with van der Waals surface area (Å²) in [6, 6.07) is 11.7. The number of alkyl halides is 3. The fraction of sp³-hybridized carbons (Fsp3) is 0.250. The normalized spacial score (nSPS) is 13.9. The molecule has 0 amide bonds. The van der Waals surface area contributed by atoms with E-state index in [-0.39, 0.29) is 6.42 Å². The van der Waals surface area contributed by atoms with Gasteiger partial charge >= 0.3 is 0 Å². The van der Waals surface area contributed by atoms with Crippen molar-refractivity contribution >= 4 is 45.7 Å². The van der Waals surface area contributed by atoms with Gasteiger partial charge in [-0.15, -0.1) is 0 Å². The highest BCUT2D eigenvalue weighted by Crippen LogP contribution is 2.31. The summed E-state index contributed by atoms with van der Waals surface area (Å²) in [7, 11) is 0. The number of benzene rings is 1. The molecule has 0 aliphatic rings. The van der Waals surface area contributed by atoms with E-state index in [2.05, 4.69) is 4.98 Å². The first kappa shape index (κ1) is 12.9. The van der Waals surface area contributed by atoms with Crippen LogP contribution in [-0.2, 0) is 6.42 Å². The third-order valence-electron chi connectivity index (χ3n) is 2.51. The topological polar surface area (TPSA) is 34.4 Å². The van der Waals surface area contributed by atoms with Crippen LogP contribution in [0.4, 0.5) is 0 Å². The average Bonchev–Trinajstić information content (AvgIpc) is 2.27. The Balaban J connectivity index is 2.25. The van der Waals surface area contributed by atoms with Crippen molar-refractivity contribution in [3.8, 4) is 0 Å². The van der Waals surface area contributed by atoms with Crippen LogP contribution in [0, 0.1) is 0 Å². The number of halogens is 3. The molecule has 2 rings (SSSR count). The zero-order chi connectivity index (χ0) is 12.5. The lowest BCUT2D eigenvalue weighted by Crippen LogP contribution is -2.30. The van der Waals surface area contributed by atoms with Crippen LogP contribution in [-0.4, -0.2) is 15.0 Å².